The summed E-state index contributed by atoms with van der Waals surface area (Å²) in [5.74, 6) is -2.54. The molecule has 0 radical (unpaired) electrons. The molecule has 0 aliphatic heterocycles. The molecule has 1 aromatic heterocycles. The molecule has 0 spiro atoms. The quantitative estimate of drug-likeness (QED) is 0.453. The van der Waals surface area contributed by atoms with E-state index in [0.29, 0.717) is 17.2 Å². The SMILES string of the molecule is Cc1ccccc1-c1cc(=O)oc2cc(C(C=O)C(=O)O)ccc12. The Morgan fingerprint density at radius 3 is 2.54 bits per heavy atom. The van der Waals surface area contributed by atoms with E-state index in [0.717, 1.165) is 11.1 Å². The highest BCUT2D eigenvalue weighted by atomic mass is 16.4. The number of carbonyl (C=O) groups is 2. The van der Waals surface area contributed by atoms with Crippen molar-refractivity contribution in [3.63, 3.8) is 0 Å². The maximum atomic E-state index is 11.9. The van der Waals surface area contributed by atoms with E-state index >= 15 is 0 Å². The zero-order valence-corrected chi connectivity index (χ0v) is 12.9. The highest BCUT2D eigenvalue weighted by Gasteiger charge is 2.20. The fourth-order valence-corrected chi connectivity index (χ4v) is 2.75. The highest BCUT2D eigenvalue weighted by Crippen LogP contribution is 2.31. The van der Waals surface area contributed by atoms with Crippen molar-refractivity contribution in [2.45, 2.75) is 12.8 Å². The number of carboxylic acid groups (broad SMARTS) is 1. The zero-order chi connectivity index (χ0) is 17.3. The molecule has 1 atom stereocenters. The molecule has 0 amide bonds. The third-order valence-electron chi connectivity index (χ3n) is 3.97. The molecule has 2 aromatic carbocycles. The summed E-state index contributed by atoms with van der Waals surface area (Å²) in [7, 11) is 0. The van der Waals surface area contributed by atoms with Gasteiger partial charge < -0.3 is 14.3 Å². The van der Waals surface area contributed by atoms with Crippen LogP contribution < -0.4 is 5.63 Å². The molecule has 3 aromatic rings. The van der Waals surface area contributed by atoms with E-state index in [2.05, 4.69) is 0 Å². The molecule has 1 N–H and O–H groups in total. The first kappa shape index (κ1) is 15.7. The van der Waals surface area contributed by atoms with Gasteiger partial charge in [-0.1, -0.05) is 36.4 Å². The van der Waals surface area contributed by atoms with Crippen molar-refractivity contribution in [2.75, 3.05) is 0 Å². The summed E-state index contributed by atoms with van der Waals surface area (Å²) >= 11 is 0. The minimum atomic E-state index is -1.29. The van der Waals surface area contributed by atoms with E-state index < -0.39 is 17.5 Å². The third kappa shape index (κ3) is 2.72. The van der Waals surface area contributed by atoms with Crippen LogP contribution in [0.5, 0.6) is 0 Å². The van der Waals surface area contributed by atoms with Crippen LogP contribution in [0.4, 0.5) is 0 Å². The number of aryl methyl sites for hydroxylation is 1. The molecular weight excluding hydrogens is 308 g/mol. The summed E-state index contributed by atoms with van der Waals surface area (Å²) in [6.45, 7) is 1.94. The lowest BCUT2D eigenvalue weighted by Gasteiger charge is -2.11. The molecule has 120 valence electrons. The second kappa shape index (κ2) is 6.12. The lowest BCUT2D eigenvalue weighted by Crippen LogP contribution is -2.12. The van der Waals surface area contributed by atoms with Gasteiger partial charge in [-0.15, -0.1) is 0 Å². The van der Waals surface area contributed by atoms with Crippen molar-refractivity contribution in [3.05, 3.63) is 70.1 Å². The lowest BCUT2D eigenvalue weighted by molar-refractivity contribution is -0.140. The van der Waals surface area contributed by atoms with Gasteiger partial charge >= 0.3 is 11.6 Å². The van der Waals surface area contributed by atoms with Crippen LogP contribution in [0.2, 0.25) is 0 Å². The predicted octanol–water partition coefficient (Wildman–Crippen LogP) is 3.14. The van der Waals surface area contributed by atoms with Crippen LogP contribution in [0.3, 0.4) is 0 Å². The number of aliphatic carboxylic acids is 1. The van der Waals surface area contributed by atoms with Crippen molar-refractivity contribution in [3.8, 4) is 11.1 Å². The molecule has 0 saturated carbocycles. The Kier molecular flexibility index (Phi) is 4.00. The Balaban J connectivity index is 2.27. The smallest absolute Gasteiger partial charge is 0.336 e. The largest absolute Gasteiger partial charge is 0.480 e. The molecule has 5 heteroatoms. The number of carboxylic acids is 1. The van der Waals surface area contributed by atoms with E-state index in [1.165, 1.54) is 12.1 Å². The average molecular weight is 322 g/mol. The van der Waals surface area contributed by atoms with Gasteiger partial charge in [0.2, 0.25) is 0 Å². The monoisotopic (exact) mass is 322 g/mol. The molecule has 0 aliphatic rings. The summed E-state index contributed by atoms with van der Waals surface area (Å²) in [5.41, 5.74) is 2.61. The molecule has 0 bridgehead atoms. The maximum Gasteiger partial charge on any atom is 0.336 e. The highest BCUT2D eigenvalue weighted by molar-refractivity contribution is 5.97. The van der Waals surface area contributed by atoms with Crippen molar-refractivity contribution in [1.29, 1.82) is 0 Å². The zero-order valence-electron chi connectivity index (χ0n) is 12.9. The van der Waals surface area contributed by atoms with Gasteiger partial charge in [-0.3, -0.25) is 4.79 Å². The third-order valence-corrected chi connectivity index (χ3v) is 3.97. The van der Waals surface area contributed by atoms with Crippen molar-refractivity contribution < 1.29 is 19.1 Å². The number of benzene rings is 2. The fraction of sp³-hybridized carbons (Fsp3) is 0.105. The number of fused-ring (bicyclic) bond motifs is 1. The van der Waals surface area contributed by atoms with Gasteiger partial charge in [0.1, 0.15) is 17.8 Å². The van der Waals surface area contributed by atoms with Crippen LogP contribution in [0, 0.1) is 6.92 Å². The molecule has 1 heterocycles. The van der Waals surface area contributed by atoms with Gasteiger partial charge in [0, 0.05) is 17.0 Å². The predicted molar refractivity (Wildman–Crippen MR) is 89.1 cm³/mol. The van der Waals surface area contributed by atoms with Crippen LogP contribution in [0.25, 0.3) is 22.1 Å². The van der Waals surface area contributed by atoms with Gasteiger partial charge in [0.05, 0.1) is 0 Å². The van der Waals surface area contributed by atoms with Gasteiger partial charge in [-0.2, -0.15) is 0 Å². The van der Waals surface area contributed by atoms with Crippen LogP contribution in [-0.2, 0) is 9.59 Å². The van der Waals surface area contributed by atoms with Crippen molar-refractivity contribution >= 4 is 23.2 Å². The normalized spacial score (nSPS) is 12.0. The van der Waals surface area contributed by atoms with E-state index in [4.69, 9.17) is 9.52 Å². The van der Waals surface area contributed by atoms with Crippen molar-refractivity contribution in [2.24, 2.45) is 0 Å². The van der Waals surface area contributed by atoms with Crippen LogP contribution in [0.15, 0.2) is 57.7 Å². The van der Waals surface area contributed by atoms with Crippen molar-refractivity contribution in [1.82, 2.24) is 0 Å². The first-order valence-electron chi connectivity index (χ1n) is 7.33. The average Bonchev–Trinajstić information content (AvgIpc) is 2.54. The van der Waals surface area contributed by atoms with E-state index in [1.807, 2.05) is 31.2 Å². The molecular formula is C19H14O5. The van der Waals surface area contributed by atoms with E-state index in [1.54, 1.807) is 12.1 Å². The first-order chi connectivity index (χ1) is 11.5. The summed E-state index contributed by atoms with van der Waals surface area (Å²) in [6.07, 6.45) is 0.354. The van der Waals surface area contributed by atoms with Gasteiger partial charge in [0.25, 0.3) is 0 Å². The van der Waals surface area contributed by atoms with Crippen LogP contribution >= 0.6 is 0 Å². The van der Waals surface area contributed by atoms with E-state index in [9.17, 15) is 14.4 Å². The minimum absolute atomic E-state index is 0.256. The lowest BCUT2D eigenvalue weighted by atomic mass is 9.95. The summed E-state index contributed by atoms with van der Waals surface area (Å²) in [4.78, 5) is 34.1. The second-order valence-electron chi connectivity index (χ2n) is 5.50. The number of hydrogen-bond donors (Lipinski definition) is 1. The number of carbonyl (C=O) groups excluding carboxylic acids is 1. The molecule has 5 nitrogen and oxygen atoms in total. The fourth-order valence-electron chi connectivity index (χ4n) is 2.75. The summed E-state index contributed by atoms with van der Waals surface area (Å²) in [6, 6.07) is 13.7. The molecule has 24 heavy (non-hydrogen) atoms. The van der Waals surface area contributed by atoms with Gasteiger partial charge in [-0.25, -0.2) is 4.79 Å². The van der Waals surface area contributed by atoms with E-state index in [-0.39, 0.29) is 11.1 Å². The Morgan fingerprint density at radius 1 is 1.12 bits per heavy atom. The standard InChI is InChI=1S/C19H14O5/c1-11-4-2-3-5-13(11)15-9-18(21)24-17-8-12(6-7-14(15)17)16(10-20)19(22)23/h2-10,16H,1H3,(H,22,23). The molecule has 0 saturated heterocycles. The van der Waals surface area contributed by atoms with Crippen LogP contribution in [-0.4, -0.2) is 17.4 Å². The minimum Gasteiger partial charge on any atom is -0.480 e. The Morgan fingerprint density at radius 2 is 1.88 bits per heavy atom. The number of hydrogen-bond acceptors (Lipinski definition) is 4. The summed E-state index contributed by atoms with van der Waals surface area (Å²) < 4.78 is 5.21. The topological polar surface area (TPSA) is 84.6 Å². The van der Waals surface area contributed by atoms with Crippen LogP contribution in [0.1, 0.15) is 17.0 Å². The molecule has 1 unspecified atom stereocenters. The Hall–Kier alpha value is -3.21. The van der Waals surface area contributed by atoms with Gasteiger partial charge in [-0.05, 0) is 29.7 Å². The first-order valence-corrected chi connectivity index (χ1v) is 7.33. The molecule has 0 fully saturated rings. The molecule has 0 aliphatic carbocycles. The summed E-state index contributed by atoms with van der Waals surface area (Å²) in [5, 5.41) is 9.78. The molecule has 3 rings (SSSR count). The maximum absolute atomic E-state index is 11.9. The number of aldehydes is 1. The van der Waals surface area contributed by atoms with Gasteiger partial charge in [0.15, 0.2) is 0 Å². The second-order valence-corrected chi connectivity index (χ2v) is 5.50. The Labute approximate surface area is 137 Å². The Bertz CT molecular complexity index is 1000. The number of rotatable bonds is 4.